The zero-order chi connectivity index (χ0) is 13.1. The van der Waals surface area contributed by atoms with Gasteiger partial charge in [0.15, 0.2) is 0 Å². The molecule has 0 aliphatic heterocycles. The highest BCUT2D eigenvalue weighted by atomic mass is 15.0. The maximum Gasteiger partial charge on any atom is 0.00798 e. The first kappa shape index (κ1) is 15.0. The predicted molar refractivity (Wildman–Crippen MR) is 77.3 cm³/mol. The zero-order valence-electron chi connectivity index (χ0n) is 12.9. The summed E-state index contributed by atoms with van der Waals surface area (Å²) in [5, 5.41) is 3.92. The second-order valence-electron chi connectivity index (χ2n) is 7.67. The van der Waals surface area contributed by atoms with Crippen LogP contribution in [0.4, 0.5) is 0 Å². The lowest BCUT2D eigenvalue weighted by atomic mass is 9.63. The Morgan fingerprint density at radius 2 is 1.59 bits per heavy atom. The third-order valence-electron chi connectivity index (χ3n) is 4.16. The first-order chi connectivity index (χ1) is 7.78. The molecule has 1 atom stereocenters. The van der Waals surface area contributed by atoms with Crippen molar-refractivity contribution in [1.82, 2.24) is 5.32 Å². The van der Waals surface area contributed by atoms with Crippen LogP contribution in [0, 0.1) is 10.8 Å². The van der Waals surface area contributed by atoms with Crippen molar-refractivity contribution in [3.05, 3.63) is 0 Å². The molecular weight excluding hydrogens is 206 g/mol. The van der Waals surface area contributed by atoms with E-state index < -0.39 is 0 Å². The third kappa shape index (κ3) is 4.99. The molecule has 0 saturated heterocycles. The van der Waals surface area contributed by atoms with E-state index in [2.05, 4.69) is 46.9 Å². The lowest BCUT2D eigenvalue weighted by molar-refractivity contribution is 0.0793. The molecule has 102 valence electrons. The van der Waals surface area contributed by atoms with Crippen LogP contribution in [0.2, 0.25) is 0 Å². The summed E-state index contributed by atoms with van der Waals surface area (Å²) in [7, 11) is 0. The van der Waals surface area contributed by atoms with Gasteiger partial charge in [0.2, 0.25) is 0 Å². The van der Waals surface area contributed by atoms with Gasteiger partial charge >= 0.3 is 0 Å². The van der Waals surface area contributed by atoms with Crippen LogP contribution in [-0.2, 0) is 0 Å². The van der Waals surface area contributed by atoms with E-state index in [9.17, 15) is 0 Å². The lowest BCUT2D eigenvalue weighted by Gasteiger charge is -2.46. The van der Waals surface area contributed by atoms with Gasteiger partial charge in [0, 0.05) is 12.1 Å². The van der Waals surface area contributed by atoms with Gasteiger partial charge in [0.1, 0.15) is 0 Å². The van der Waals surface area contributed by atoms with E-state index >= 15 is 0 Å². The van der Waals surface area contributed by atoms with E-state index in [1.54, 1.807) is 0 Å². The Bertz CT molecular complexity index is 214. The molecule has 0 aromatic heterocycles. The van der Waals surface area contributed by atoms with E-state index in [-0.39, 0.29) is 0 Å². The molecule has 1 rings (SSSR count). The van der Waals surface area contributed by atoms with Crippen molar-refractivity contribution in [2.45, 2.75) is 92.2 Å². The highest BCUT2D eigenvalue weighted by molar-refractivity contribution is 4.93. The Kier molecular flexibility index (Phi) is 5.07. The molecule has 1 aliphatic rings. The number of hydrogen-bond acceptors (Lipinski definition) is 1. The molecule has 0 aromatic rings. The molecule has 0 aromatic carbocycles. The fourth-order valence-electron chi connectivity index (χ4n) is 4.05. The summed E-state index contributed by atoms with van der Waals surface area (Å²) >= 11 is 0. The predicted octanol–water partition coefficient (Wildman–Crippen LogP) is 4.76. The minimum atomic E-state index is 0.504. The number of rotatable bonds is 5. The molecule has 0 bridgehead atoms. The summed E-state index contributed by atoms with van der Waals surface area (Å²) in [6, 6.07) is 1.46. The number of hydrogen-bond donors (Lipinski definition) is 1. The van der Waals surface area contributed by atoms with Gasteiger partial charge in [0.05, 0.1) is 0 Å². The molecule has 17 heavy (non-hydrogen) atoms. The molecular formula is C16H33N. The molecule has 0 spiro atoms. The topological polar surface area (TPSA) is 12.0 Å². The summed E-state index contributed by atoms with van der Waals surface area (Å²) in [5.74, 6) is 0. The first-order valence-corrected chi connectivity index (χ1v) is 7.54. The second-order valence-corrected chi connectivity index (χ2v) is 7.67. The van der Waals surface area contributed by atoms with Crippen LogP contribution in [0.15, 0.2) is 0 Å². The monoisotopic (exact) mass is 239 g/mol. The molecule has 0 heterocycles. The van der Waals surface area contributed by atoms with Crippen molar-refractivity contribution in [1.29, 1.82) is 0 Å². The largest absolute Gasteiger partial charge is 0.311 e. The summed E-state index contributed by atoms with van der Waals surface area (Å²) in [6.45, 7) is 14.3. The third-order valence-corrected chi connectivity index (χ3v) is 4.16. The van der Waals surface area contributed by atoms with Crippen molar-refractivity contribution in [2.75, 3.05) is 0 Å². The molecule has 1 unspecified atom stereocenters. The molecule has 1 heteroatoms. The van der Waals surface area contributed by atoms with Gasteiger partial charge < -0.3 is 5.32 Å². The fraction of sp³-hybridized carbons (Fsp3) is 1.00. The Morgan fingerprint density at radius 1 is 1.06 bits per heavy atom. The summed E-state index contributed by atoms with van der Waals surface area (Å²) in [6.07, 6.45) is 7.94. The number of nitrogens with one attached hydrogen (secondary N) is 1. The average Bonchev–Trinajstić information content (AvgIpc) is 2.11. The normalized spacial score (nSPS) is 25.8. The summed E-state index contributed by atoms with van der Waals surface area (Å²) < 4.78 is 0. The highest BCUT2D eigenvalue weighted by Gasteiger charge is 2.38. The van der Waals surface area contributed by atoms with Gasteiger partial charge in [-0.25, -0.2) is 0 Å². The van der Waals surface area contributed by atoms with E-state index in [1.165, 1.54) is 38.5 Å². The van der Waals surface area contributed by atoms with E-state index in [0.29, 0.717) is 10.8 Å². The second kappa shape index (κ2) is 5.73. The first-order valence-electron chi connectivity index (χ1n) is 7.54. The smallest absolute Gasteiger partial charge is 0.00798 e. The minimum absolute atomic E-state index is 0.504. The van der Waals surface area contributed by atoms with Crippen molar-refractivity contribution in [3.8, 4) is 0 Å². The Morgan fingerprint density at radius 3 is 2.00 bits per heavy atom. The van der Waals surface area contributed by atoms with Crippen LogP contribution in [0.3, 0.4) is 0 Å². The molecule has 0 amide bonds. The van der Waals surface area contributed by atoms with Crippen molar-refractivity contribution in [2.24, 2.45) is 10.8 Å². The van der Waals surface area contributed by atoms with Gasteiger partial charge in [-0.2, -0.15) is 0 Å². The molecule has 0 radical (unpaired) electrons. The maximum atomic E-state index is 3.92. The maximum absolute atomic E-state index is 3.92. The Hall–Kier alpha value is -0.0400. The minimum Gasteiger partial charge on any atom is -0.311 e. The van der Waals surface area contributed by atoms with Gasteiger partial charge in [-0.05, 0) is 42.9 Å². The van der Waals surface area contributed by atoms with Crippen molar-refractivity contribution < 1.29 is 0 Å². The molecule has 1 aliphatic carbocycles. The SMILES string of the molecule is CCCC(CC)NC1CC(C)(C)CC(C)(C)C1. The van der Waals surface area contributed by atoms with Gasteiger partial charge in [-0.1, -0.05) is 48.0 Å². The van der Waals surface area contributed by atoms with E-state index in [0.717, 1.165) is 12.1 Å². The lowest BCUT2D eigenvalue weighted by Crippen LogP contribution is -2.47. The van der Waals surface area contributed by atoms with Gasteiger partial charge in [-0.15, -0.1) is 0 Å². The molecule has 1 saturated carbocycles. The molecule has 1 N–H and O–H groups in total. The molecule has 1 nitrogen and oxygen atoms in total. The summed E-state index contributed by atoms with van der Waals surface area (Å²) in [5.41, 5.74) is 1.01. The van der Waals surface area contributed by atoms with Crippen molar-refractivity contribution in [3.63, 3.8) is 0 Å². The van der Waals surface area contributed by atoms with Crippen LogP contribution in [-0.4, -0.2) is 12.1 Å². The Labute approximate surface area is 109 Å². The van der Waals surface area contributed by atoms with Crippen LogP contribution in [0.5, 0.6) is 0 Å². The zero-order valence-corrected chi connectivity index (χ0v) is 12.9. The fourth-order valence-corrected chi connectivity index (χ4v) is 4.05. The molecule has 1 fully saturated rings. The van der Waals surface area contributed by atoms with E-state index in [4.69, 9.17) is 0 Å². The van der Waals surface area contributed by atoms with Gasteiger partial charge in [0.25, 0.3) is 0 Å². The average molecular weight is 239 g/mol. The highest BCUT2D eigenvalue weighted by Crippen LogP contribution is 2.45. The standard InChI is InChI=1S/C16H33N/c1-7-9-13(8-2)17-14-10-15(3,4)12-16(5,6)11-14/h13-14,17H,7-12H2,1-6H3. The van der Waals surface area contributed by atoms with Gasteiger partial charge in [-0.3, -0.25) is 0 Å². The summed E-state index contributed by atoms with van der Waals surface area (Å²) in [4.78, 5) is 0. The van der Waals surface area contributed by atoms with Crippen LogP contribution < -0.4 is 5.32 Å². The quantitative estimate of drug-likeness (QED) is 0.729. The van der Waals surface area contributed by atoms with E-state index in [1.807, 2.05) is 0 Å². The van der Waals surface area contributed by atoms with Crippen LogP contribution in [0.1, 0.15) is 80.1 Å². The van der Waals surface area contributed by atoms with Crippen LogP contribution >= 0.6 is 0 Å². The Balaban J connectivity index is 2.58. The van der Waals surface area contributed by atoms with Crippen LogP contribution in [0.25, 0.3) is 0 Å². The van der Waals surface area contributed by atoms with Crippen molar-refractivity contribution >= 4 is 0 Å².